The fraction of sp³-hybridized carbons (Fsp3) is 0.450. The zero-order valence-electron chi connectivity index (χ0n) is 16.6. The average molecular weight is 395 g/mol. The van der Waals surface area contributed by atoms with Crippen LogP contribution < -0.4 is 4.90 Å². The lowest BCUT2D eigenvalue weighted by atomic mass is 10.1. The average Bonchev–Trinajstić information content (AvgIpc) is 2.57. The van der Waals surface area contributed by atoms with E-state index in [0.717, 1.165) is 29.9 Å². The minimum atomic E-state index is -4.52. The van der Waals surface area contributed by atoms with Gasteiger partial charge in [0.2, 0.25) is 0 Å². The number of ether oxygens (including phenoxy) is 1. The number of aryl methyl sites for hydroxylation is 2. The summed E-state index contributed by atoms with van der Waals surface area (Å²) in [6, 6.07) is 5.76. The number of aromatic nitrogens is 2. The Kier molecular flexibility index (Phi) is 6.31. The summed E-state index contributed by atoms with van der Waals surface area (Å²) in [4.78, 5) is 21.9. The number of alkyl halides is 3. The Morgan fingerprint density at radius 2 is 1.82 bits per heavy atom. The molecule has 0 saturated carbocycles. The molecule has 2 rings (SSSR count). The molecule has 5 nitrogen and oxygen atoms in total. The Hall–Kier alpha value is -2.64. The lowest BCUT2D eigenvalue weighted by Gasteiger charge is -2.27. The summed E-state index contributed by atoms with van der Waals surface area (Å²) in [5.41, 5.74) is 0.536. The van der Waals surface area contributed by atoms with Crippen LogP contribution in [0.3, 0.4) is 0 Å². The summed E-state index contributed by atoms with van der Waals surface area (Å²) in [5, 5.41) is 0. The fourth-order valence-electron chi connectivity index (χ4n) is 2.53. The van der Waals surface area contributed by atoms with Crippen LogP contribution in [0.25, 0.3) is 0 Å². The van der Waals surface area contributed by atoms with Crippen LogP contribution in [-0.2, 0) is 23.9 Å². The van der Waals surface area contributed by atoms with E-state index < -0.39 is 23.6 Å². The van der Waals surface area contributed by atoms with Crippen molar-refractivity contribution < 1.29 is 22.7 Å². The molecule has 0 aliphatic carbocycles. The zero-order chi connectivity index (χ0) is 21.1. The molecule has 0 aromatic carbocycles. The highest BCUT2D eigenvalue weighted by Crippen LogP contribution is 2.28. The Bertz CT molecular complexity index is 828. The minimum absolute atomic E-state index is 0.0159. The van der Waals surface area contributed by atoms with Gasteiger partial charge in [0, 0.05) is 11.9 Å². The summed E-state index contributed by atoms with van der Waals surface area (Å²) in [6.45, 7) is 9.04. The van der Waals surface area contributed by atoms with E-state index in [1.54, 1.807) is 26.8 Å². The molecular weight excluding hydrogens is 371 g/mol. The van der Waals surface area contributed by atoms with Crippen molar-refractivity contribution in [3.8, 4) is 0 Å². The molecule has 0 spiro atoms. The number of anilines is 1. The van der Waals surface area contributed by atoms with Crippen molar-refractivity contribution in [3.63, 3.8) is 0 Å². The van der Waals surface area contributed by atoms with E-state index in [9.17, 15) is 18.0 Å². The molecule has 28 heavy (non-hydrogen) atoms. The third kappa shape index (κ3) is 5.68. The van der Waals surface area contributed by atoms with Crippen LogP contribution in [0.2, 0.25) is 0 Å². The lowest BCUT2D eigenvalue weighted by Crippen LogP contribution is -2.37. The molecule has 2 aromatic heterocycles. The molecule has 0 bridgehead atoms. The van der Waals surface area contributed by atoms with Gasteiger partial charge in [0.1, 0.15) is 17.1 Å². The summed E-state index contributed by atoms with van der Waals surface area (Å²) in [5.74, 6) is 0.365. The van der Waals surface area contributed by atoms with Crippen molar-refractivity contribution in [2.45, 2.75) is 59.4 Å². The second-order valence-electron chi connectivity index (χ2n) is 7.38. The molecule has 0 unspecified atom stereocenters. The van der Waals surface area contributed by atoms with Crippen LogP contribution in [0.1, 0.15) is 50.2 Å². The van der Waals surface area contributed by atoms with E-state index in [2.05, 4.69) is 9.97 Å². The quantitative estimate of drug-likeness (QED) is 0.704. The first-order chi connectivity index (χ1) is 12.9. The highest BCUT2D eigenvalue weighted by Gasteiger charge is 2.32. The molecule has 0 N–H and O–H groups in total. The van der Waals surface area contributed by atoms with Crippen molar-refractivity contribution in [3.05, 3.63) is 53.0 Å². The second kappa shape index (κ2) is 8.16. The molecule has 0 radical (unpaired) electrons. The van der Waals surface area contributed by atoms with E-state index in [-0.39, 0.29) is 6.54 Å². The highest BCUT2D eigenvalue weighted by molar-refractivity contribution is 5.86. The largest absolute Gasteiger partial charge is 0.443 e. The van der Waals surface area contributed by atoms with E-state index in [0.29, 0.717) is 11.4 Å². The second-order valence-corrected chi connectivity index (χ2v) is 7.38. The number of rotatable bonds is 4. The number of carbonyl (C=O) groups excluding carboxylic acids is 1. The molecule has 0 fully saturated rings. The minimum Gasteiger partial charge on any atom is -0.443 e. The molecule has 2 aromatic rings. The van der Waals surface area contributed by atoms with Gasteiger partial charge >= 0.3 is 12.3 Å². The number of hydrogen-bond acceptors (Lipinski definition) is 4. The van der Waals surface area contributed by atoms with E-state index >= 15 is 0 Å². The van der Waals surface area contributed by atoms with Crippen molar-refractivity contribution in [1.82, 2.24) is 9.97 Å². The SMILES string of the molecule is CCc1ccc(N(Cc2ccc(C(F)(F)F)nc2)C(=O)OC(C)(C)C)nc1C. The van der Waals surface area contributed by atoms with Gasteiger partial charge in [-0.15, -0.1) is 0 Å². The van der Waals surface area contributed by atoms with Crippen molar-refractivity contribution in [2.75, 3.05) is 4.90 Å². The third-order valence-electron chi connectivity index (χ3n) is 3.91. The molecule has 1 amide bonds. The monoisotopic (exact) mass is 395 g/mol. The Morgan fingerprint density at radius 3 is 2.29 bits per heavy atom. The summed E-state index contributed by atoms with van der Waals surface area (Å²) in [6.07, 6.45) is -3.25. The predicted molar refractivity (Wildman–Crippen MR) is 100 cm³/mol. The number of halogens is 3. The summed E-state index contributed by atoms with van der Waals surface area (Å²) in [7, 11) is 0. The zero-order valence-corrected chi connectivity index (χ0v) is 16.6. The first kappa shape index (κ1) is 21.7. The maximum absolute atomic E-state index is 12.7. The maximum Gasteiger partial charge on any atom is 0.433 e. The molecule has 0 aliphatic rings. The van der Waals surface area contributed by atoms with Gasteiger partial charge < -0.3 is 4.74 Å². The van der Waals surface area contributed by atoms with Gasteiger partial charge in [-0.3, -0.25) is 9.88 Å². The van der Waals surface area contributed by atoms with Gasteiger partial charge in [0.05, 0.1) is 6.54 Å². The van der Waals surface area contributed by atoms with Gasteiger partial charge in [-0.25, -0.2) is 9.78 Å². The Balaban J connectivity index is 2.35. The van der Waals surface area contributed by atoms with Crippen LogP contribution in [0.15, 0.2) is 30.5 Å². The molecule has 152 valence electrons. The third-order valence-corrected chi connectivity index (χ3v) is 3.91. The summed E-state index contributed by atoms with van der Waals surface area (Å²) >= 11 is 0. The highest BCUT2D eigenvalue weighted by atomic mass is 19.4. The molecule has 8 heteroatoms. The molecule has 0 aliphatic heterocycles. The molecule has 0 saturated heterocycles. The van der Waals surface area contributed by atoms with Gasteiger partial charge in [-0.05, 0) is 57.4 Å². The normalized spacial score (nSPS) is 12.0. The van der Waals surface area contributed by atoms with Gasteiger partial charge in [0.25, 0.3) is 0 Å². The Labute approximate surface area is 162 Å². The van der Waals surface area contributed by atoms with Gasteiger partial charge in [-0.2, -0.15) is 13.2 Å². The van der Waals surface area contributed by atoms with Crippen LogP contribution in [0, 0.1) is 6.92 Å². The first-order valence-corrected chi connectivity index (χ1v) is 8.90. The number of hydrogen-bond donors (Lipinski definition) is 0. The van der Waals surface area contributed by atoms with Crippen molar-refractivity contribution >= 4 is 11.9 Å². The molecule has 0 atom stereocenters. The molecular formula is C20H24F3N3O2. The van der Waals surface area contributed by atoms with Crippen molar-refractivity contribution in [1.29, 1.82) is 0 Å². The van der Waals surface area contributed by atoms with Crippen molar-refractivity contribution in [2.24, 2.45) is 0 Å². The smallest absolute Gasteiger partial charge is 0.433 e. The number of amides is 1. The first-order valence-electron chi connectivity index (χ1n) is 8.90. The topological polar surface area (TPSA) is 55.3 Å². The standard InChI is InChI=1S/C20H24F3N3O2/c1-6-15-8-10-17(25-13(15)2)26(18(27)28-19(3,4)5)12-14-7-9-16(24-11-14)20(21,22)23/h7-11H,6,12H2,1-5H3. The Morgan fingerprint density at radius 1 is 1.14 bits per heavy atom. The molecule has 2 heterocycles. The van der Waals surface area contributed by atoms with Crippen LogP contribution >= 0.6 is 0 Å². The van der Waals surface area contributed by atoms with Crippen LogP contribution in [-0.4, -0.2) is 21.7 Å². The lowest BCUT2D eigenvalue weighted by molar-refractivity contribution is -0.141. The van der Waals surface area contributed by atoms with E-state index in [4.69, 9.17) is 4.74 Å². The number of pyridine rings is 2. The van der Waals surface area contributed by atoms with Crippen LogP contribution in [0.4, 0.5) is 23.8 Å². The number of nitrogens with zero attached hydrogens (tertiary/aromatic N) is 3. The fourth-order valence-corrected chi connectivity index (χ4v) is 2.53. The van der Waals surface area contributed by atoms with Gasteiger partial charge in [-0.1, -0.05) is 19.1 Å². The number of carbonyl (C=O) groups is 1. The maximum atomic E-state index is 12.7. The van der Waals surface area contributed by atoms with E-state index in [1.807, 2.05) is 19.9 Å². The van der Waals surface area contributed by atoms with Gasteiger partial charge in [0.15, 0.2) is 0 Å². The summed E-state index contributed by atoms with van der Waals surface area (Å²) < 4.78 is 43.6. The van der Waals surface area contributed by atoms with Crippen LogP contribution in [0.5, 0.6) is 0 Å². The predicted octanol–water partition coefficient (Wildman–Crippen LogP) is 5.31. The van der Waals surface area contributed by atoms with E-state index in [1.165, 1.54) is 11.0 Å².